The molecule has 3 aromatic rings. The molecule has 1 aliphatic rings. The standard InChI is InChI=1S/C24H26N4O3S/c1-32-19-9-7-17(8-10-19)15-24(14-12-21(30)27-24)13-11-20(29)25-16-22-26-23(28-31-22)18-5-3-2-4-6-18/h2-10H,11-16H2,1H3,(H,25,29)(H,27,30)/t24-/m0/s1. The van der Waals surface area contributed by atoms with Gasteiger partial charge < -0.3 is 15.2 Å². The lowest BCUT2D eigenvalue weighted by Gasteiger charge is -2.29. The van der Waals surface area contributed by atoms with E-state index < -0.39 is 0 Å². The average molecular weight is 451 g/mol. The summed E-state index contributed by atoms with van der Waals surface area (Å²) in [7, 11) is 0. The molecule has 32 heavy (non-hydrogen) atoms. The van der Waals surface area contributed by atoms with Gasteiger partial charge in [0.2, 0.25) is 23.5 Å². The Kier molecular flexibility index (Phi) is 6.90. The highest BCUT2D eigenvalue weighted by Gasteiger charge is 2.37. The van der Waals surface area contributed by atoms with Gasteiger partial charge in [0.25, 0.3) is 0 Å². The first-order valence-electron chi connectivity index (χ1n) is 10.6. The first-order chi connectivity index (χ1) is 15.5. The van der Waals surface area contributed by atoms with Gasteiger partial charge in [0.1, 0.15) is 0 Å². The summed E-state index contributed by atoms with van der Waals surface area (Å²) in [6, 6.07) is 17.9. The lowest BCUT2D eigenvalue weighted by molar-refractivity contribution is -0.123. The van der Waals surface area contributed by atoms with E-state index in [-0.39, 0.29) is 23.9 Å². The fraction of sp³-hybridized carbons (Fsp3) is 0.333. The summed E-state index contributed by atoms with van der Waals surface area (Å²) in [6.45, 7) is 0.175. The van der Waals surface area contributed by atoms with E-state index in [1.807, 2.05) is 36.6 Å². The maximum absolute atomic E-state index is 12.5. The number of nitrogens with zero attached hydrogens (tertiary/aromatic N) is 2. The zero-order valence-corrected chi connectivity index (χ0v) is 18.8. The molecule has 2 N–H and O–H groups in total. The van der Waals surface area contributed by atoms with Gasteiger partial charge in [-0.25, -0.2) is 0 Å². The largest absolute Gasteiger partial charge is 0.350 e. The van der Waals surface area contributed by atoms with Crippen molar-refractivity contribution in [1.82, 2.24) is 20.8 Å². The summed E-state index contributed by atoms with van der Waals surface area (Å²) in [5.41, 5.74) is 1.63. The number of rotatable bonds is 9. The molecule has 2 amide bonds. The lowest BCUT2D eigenvalue weighted by atomic mass is 9.85. The molecule has 2 heterocycles. The summed E-state index contributed by atoms with van der Waals surface area (Å²) < 4.78 is 5.24. The van der Waals surface area contributed by atoms with Crippen molar-refractivity contribution in [1.29, 1.82) is 0 Å². The third-order valence-electron chi connectivity index (χ3n) is 5.70. The molecule has 0 saturated carbocycles. The van der Waals surface area contributed by atoms with Gasteiger partial charge in [-0.05, 0) is 43.2 Å². The monoisotopic (exact) mass is 450 g/mol. The zero-order chi connectivity index (χ0) is 22.4. The smallest absolute Gasteiger partial charge is 0.246 e. The van der Waals surface area contributed by atoms with Gasteiger partial charge in [0.15, 0.2) is 0 Å². The fourth-order valence-electron chi connectivity index (χ4n) is 3.96. The number of carbonyl (C=O) groups excluding carboxylic acids is 2. The molecule has 0 spiro atoms. The molecule has 1 fully saturated rings. The highest BCUT2D eigenvalue weighted by molar-refractivity contribution is 7.98. The predicted molar refractivity (Wildman–Crippen MR) is 123 cm³/mol. The minimum atomic E-state index is -0.389. The number of aromatic nitrogens is 2. The van der Waals surface area contributed by atoms with Gasteiger partial charge in [0, 0.05) is 28.8 Å². The van der Waals surface area contributed by atoms with Crippen LogP contribution in [-0.4, -0.2) is 33.7 Å². The van der Waals surface area contributed by atoms with Crippen LogP contribution in [-0.2, 0) is 22.6 Å². The lowest BCUT2D eigenvalue weighted by Crippen LogP contribution is -2.44. The second-order valence-corrected chi connectivity index (χ2v) is 8.89. The third-order valence-corrected chi connectivity index (χ3v) is 6.45. The van der Waals surface area contributed by atoms with Crippen molar-refractivity contribution in [2.24, 2.45) is 0 Å². The fourth-order valence-corrected chi connectivity index (χ4v) is 4.37. The Hall–Kier alpha value is -3.13. The van der Waals surface area contributed by atoms with Crippen LogP contribution in [0.4, 0.5) is 0 Å². The molecule has 1 saturated heterocycles. The minimum Gasteiger partial charge on any atom is -0.350 e. The summed E-state index contributed by atoms with van der Waals surface area (Å²) >= 11 is 1.70. The molecule has 166 valence electrons. The highest BCUT2D eigenvalue weighted by Crippen LogP contribution is 2.30. The van der Waals surface area contributed by atoms with Crippen LogP contribution in [0.2, 0.25) is 0 Å². The van der Waals surface area contributed by atoms with E-state index in [1.165, 1.54) is 4.90 Å². The SMILES string of the molecule is CSc1ccc(C[C@]2(CCC(=O)NCc3nc(-c4ccccc4)no3)CCC(=O)N2)cc1. The molecule has 0 unspecified atom stereocenters. The van der Waals surface area contributed by atoms with Crippen molar-refractivity contribution >= 4 is 23.6 Å². The van der Waals surface area contributed by atoms with Crippen molar-refractivity contribution in [2.75, 3.05) is 6.26 Å². The van der Waals surface area contributed by atoms with E-state index in [0.29, 0.717) is 37.4 Å². The first-order valence-corrected chi connectivity index (χ1v) is 11.9. The second-order valence-electron chi connectivity index (χ2n) is 8.01. The summed E-state index contributed by atoms with van der Waals surface area (Å²) in [5.74, 6) is 0.790. The summed E-state index contributed by atoms with van der Waals surface area (Å²) in [5, 5.41) is 9.94. The van der Waals surface area contributed by atoms with Crippen LogP contribution < -0.4 is 10.6 Å². The molecule has 0 aliphatic carbocycles. The van der Waals surface area contributed by atoms with E-state index in [4.69, 9.17) is 4.52 Å². The first kappa shape index (κ1) is 22.1. The molecule has 0 bridgehead atoms. The topological polar surface area (TPSA) is 97.1 Å². The molecule has 1 atom stereocenters. The van der Waals surface area contributed by atoms with Crippen LogP contribution in [0, 0.1) is 0 Å². The Labute approximate surface area is 191 Å². The molecule has 1 aromatic heterocycles. The Morgan fingerprint density at radius 1 is 1.19 bits per heavy atom. The quantitative estimate of drug-likeness (QED) is 0.482. The molecule has 1 aliphatic heterocycles. The summed E-state index contributed by atoms with van der Waals surface area (Å²) in [4.78, 5) is 30.0. The number of hydrogen-bond donors (Lipinski definition) is 2. The number of carbonyl (C=O) groups is 2. The van der Waals surface area contributed by atoms with Gasteiger partial charge in [0.05, 0.1) is 6.54 Å². The van der Waals surface area contributed by atoms with Crippen LogP contribution >= 0.6 is 11.8 Å². The minimum absolute atomic E-state index is 0.0467. The van der Waals surface area contributed by atoms with Crippen LogP contribution in [0.3, 0.4) is 0 Å². The van der Waals surface area contributed by atoms with Crippen molar-refractivity contribution in [3.05, 3.63) is 66.1 Å². The Morgan fingerprint density at radius 2 is 1.97 bits per heavy atom. The number of benzene rings is 2. The molecule has 7 nitrogen and oxygen atoms in total. The van der Waals surface area contributed by atoms with E-state index in [0.717, 1.165) is 17.5 Å². The molecule has 0 radical (unpaired) electrons. The van der Waals surface area contributed by atoms with E-state index >= 15 is 0 Å². The Bertz CT molecular complexity index is 1070. The van der Waals surface area contributed by atoms with Gasteiger partial charge in [-0.1, -0.05) is 47.6 Å². The highest BCUT2D eigenvalue weighted by atomic mass is 32.2. The molecule has 2 aromatic carbocycles. The molecular formula is C24H26N4O3S. The Morgan fingerprint density at radius 3 is 2.66 bits per heavy atom. The van der Waals surface area contributed by atoms with Gasteiger partial charge in [-0.15, -0.1) is 11.8 Å². The van der Waals surface area contributed by atoms with Gasteiger partial charge >= 0.3 is 0 Å². The maximum atomic E-state index is 12.5. The third kappa shape index (κ3) is 5.56. The molecule has 8 heteroatoms. The second kappa shape index (κ2) is 9.99. The van der Waals surface area contributed by atoms with E-state index in [1.54, 1.807) is 11.8 Å². The van der Waals surface area contributed by atoms with Crippen molar-refractivity contribution in [3.63, 3.8) is 0 Å². The predicted octanol–water partition coefficient (Wildman–Crippen LogP) is 3.75. The number of nitrogens with one attached hydrogen (secondary N) is 2. The summed E-state index contributed by atoms with van der Waals surface area (Å²) in [6.07, 6.45) is 4.87. The van der Waals surface area contributed by atoms with Crippen molar-refractivity contribution in [3.8, 4) is 11.4 Å². The maximum Gasteiger partial charge on any atom is 0.246 e. The number of amides is 2. The van der Waals surface area contributed by atoms with Crippen LogP contribution in [0.1, 0.15) is 37.1 Å². The molecule has 4 rings (SSSR count). The van der Waals surface area contributed by atoms with E-state index in [2.05, 4.69) is 45.0 Å². The van der Waals surface area contributed by atoms with Crippen molar-refractivity contribution in [2.45, 2.75) is 49.1 Å². The zero-order valence-electron chi connectivity index (χ0n) is 18.0. The van der Waals surface area contributed by atoms with Gasteiger partial charge in [-0.2, -0.15) is 4.98 Å². The van der Waals surface area contributed by atoms with E-state index in [9.17, 15) is 9.59 Å². The average Bonchev–Trinajstić information content (AvgIpc) is 3.44. The van der Waals surface area contributed by atoms with Crippen LogP contribution in [0.5, 0.6) is 0 Å². The Balaban J connectivity index is 1.31. The van der Waals surface area contributed by atoms with Gasteiger partial charge in [-0.3, -0.25) is 9.59 Å². The number of thioether (sulfide) groups is 1. The number of hydrogen-bond acceptors (Lipinski definition) is 6. The normalized spacial score (nSPS) is 17.8. The van der Waals surface area contributed by atoms with Crippen LogP contribution in [0.25, 0.3) is 11.4 Å². The molecular weight excluding hydrogens is 424 g/mol. The van der Waals surface area contributed by atoms with Crippen LogP contribution in [0.15, 0.2) is 64.0 Å². The van der Waals surface area contributed by atoms with Crippen molar-refractivity contribution < 1.29 is 14.1 Å².